The molecule has 0 N–H and O–H groups in total. The molecule has 1 fully saturated rings. The van der Waals surface area contributed by atoms with Gasteiger partial charge in [0.05, 0.1) is 23.6 Å². The quantitative estimate of drug-likeness (QED) is 0.477. The minimum absolute atomic E-state index is 0.00436. The van der Waals surface area contributed by atoms with E-state index in [1.54, 1.807) is 16.3 Å². The van der Waals surface area contributed by atoms with Gasteiger partial charge in [-0.1, -0.05) is 47.6 Å². The molecule has 0 radical (unpaired) electrons. The fourth-order valence-corrected chi connectivity index (χ4v) is 4.23. The summed E-state index contributed by atoms with van der Waals surface area (Å²) < 4.78 is 7.52. The second-order valence-corrected chi connectivity index (χ2v) is 7.76. The molecule has 2 aromatic carbocycles. The maximum Gasteiger partial charge on any atom is 0.262 e. The average molecular weight is 387 g/mol. The molecule has 4 nitrogen and oxygen atoms in total. The second-order valence-electron chi connectivity index (χ2n) is 6.38. The maximum atomic E-state index is 13.0. The monoisotopic (exact) mass is 386 g/mol. The minimum atomic E-state index is 0.00436. The Bertz CT molecular complexity index is 966. The summed E-state index contributed by atoms with van der Waals surface area (Å²) in [4.78, 5) is 17.8. The van der Waals surface area contributed by atoms with Gasteiger partial charge in [0.25, 0.3) is 5.56 Å². The summed E-state index contributed by atoms with van der Waals surface area (Å²) >= 11 is 7.53. The van der Waals surface area contributed by atoms with E-state index >= 15 is 0 Å². The highest BCUT2D eigenvalue weighted by atomic mass is 35.5. The van der Waals surface area contributed by atoms with Gasteiger partial charge >= 0.3 is 0 Å². The van der Waals surface area contributed by atoms with Gasteiger partial charge in [-0.05, 0) is 42.7 Å². The summed E-state index contributed by atoms with van der Waals surface area (Å²) in [5, 5.41) is 2.11. The molecule has 2 heterocycles. The van der Waals surface area contributed by atoms with E-state index in [9.17, 15) is 4.79 Å². The number of para-hydroxylation sites is 1. The molecule has 1 aliphatic rings. The van der Waals surface area contributed by atoms with Gasteiger partial charge in [-0.25, -0.2) is 4.98 Å². The van der Waals surface area contributed by atoms with Gasteiger partial charge in [0.1, 0.15) is 0 Å². The Labute approximate surface area is 161 Å². The molecular formula is C20H19ClN2O2S. The van der Waals surface area contributed by atoms with Crippen LogP contribution in [-0.2, 0) is 17.0 Å². The van der Waals surface area contributed by atoms with E-state index in [-0.39, 0.29) is 11.7 Å². The van der Waals surface area contributed by atoms with Crippen molar-refractivity contribution in [1.82, 2.24) is 9.55 Å². The van der Waals surface area contributed by atoms with Gasteiger partial charge in [0, 0.05) is 17.4 Å². The number of rotatable bonds is 5. The summed E-state index contributed by atoms with van der Waals surface area (Å²) in [5.74, 6) is 0.730. The van der Waals surface area contributed by atoms with Crippen LogP contribution in [0.15, 0.2) is 58.5 Å². The van der Waals surface area contributed by atoms with Crippen molar-refractivity contribution in [2.24, 2.45) is 0 Å². The zero-order chi connectivity index (χ0) is 17.9. The summed E-state index contributed by atoms with van der Waals surface area (Å²) in [6, 6.07) is 15.3. The number of nitrogens with zero attached hydrogens (tertiary/aromatic N) is 2. The Morgan fingerprint density at radius 3 is 2.77 bits per heavy atom. The minimum Gasteiger partial charge on any atom is -0.376 e. The first kappa shape index (κ1) is 17.6. The van der Waals surface area contributed by atoms with Crippen molar-refractivity contribution in [3.63, 3.8) is 0 Å². The van der Waals surface area contributed by atoms with Crippen LogP contribution in [0.3, 0.4) is 0 Å². The first-order valence-corrected chi connectivity index (χ1v) is 10.1. The Morgan fingerprint density at radius 1 is 1.19 bits per heavy atom. The van der Waals surface area contributed by atoms with Gasteiger partial charge in [0.15, 0.2) is 5.16 Å². The predicted molar refractivity (Wildman–Crippen MR) is 106 cm³/mol. The maximum absolute atomic E-state index is 13.0. The van der Waals surface area contributed by atoms with Crippen molar-refractivity contribution in [3.8, 4) is 0 Å². The summed E-state index contributed by atoms with van der Waals surface area (Å²) in [6.45, 7) is 1.33. The molecule has 1 atom stereocenters. The van der Waals surface area contributed by atoms with Crippen LogP contribution < -0.4 is 5.56 Å². The van der Waals surface area contributed by atoms with E-state index in [0.29, 0.717) is 11.9 Å². The standard InChI is InChI=1S/C20H19ClN2O2S/c21-15-9-7-14(8-10-15)13-26-20-22-18-6-2-1-5-17(18)19(24)23(20)12-16-4-3-11-25-16/h1-2,5-10,16H,3-4,11-13H2/t16-/m1/s1. The Hall–Kier alpha value is -1.82. The number of hydrogen-bond acceptors (Lipinski definition) is 4. The number of thioether (sulfide) groups is 1. The third-order valence-corrected chi connectivity index (χ3v) is 5.82. The van der Waals surface area contributed by atoms with Crippen molar-refractivity contribution in [3.05, 3.63) is 69.5 Å². The molecule has 0 spiro atoms. The van der Waals surface area contributed by atoms with Crippen molar-refractivity contribution in [2.75, 3.05) is 6.61 Å². The molecule has 0 unspecified atom stereocenters. The van der Waals surface area contributed by atoms with E-state index in [1.807, 2.05) is 48.5 Å². The van der Waals surface area contributed by atoms with Gasteiger partial charge in [-0.15, -0.1) is 0 Å². The molecule has 134 valence electrons. The first-order valence-electron chi connectivity index (χ1n) is 8.69. The van der Waals surface area contributed by atoms with E-state index in [1.165, 1.54) is 0 Å². The number of ether oxygens (including phenoxy) is 1. The Morgan fingerprint density at radius 2 is 2.00 bits per heavy atom. The fraction of sp³-hybridized carbons (Fsp3) is 0.300. The van der Waals surface area contributed by atoms with Crippen LogP contribution in [0.1, 0.15) is 18.4 Å². The van der Waals surface area contributed by atoms with Gasteiger partial charge in [0.2, 0.25) is 0 Å². The van der Waals surface area contributed by atoms with E-state index in [4.69, 9.17) is 21.3 Å². The molecule has 1 aromatic heterocycles. The van der Waals surface area contributed by atoms with Crippen LogP contribution in [0, 0.1) is 0 Å². The zero-order valence-electron chi connectivity index (χ0n) is 14.2. The topological polar surface area (TPSA) is 44.1 Å². The predicted octanol–water partition coefficient (Wildman–Crippen LogP) is 4.52. The van der Waals surface area contributed by atoms with Gasteiger partial charge in [-0.2, -0.15) is 0 Å². The van der Waals surface area contributed by atoms with Crippen molar-refractivity contribution in [2.45, 2.75) is 36.4 Å². The van der Waals surface area contributed by atoms with Crippen LogP contribution in [0.2, 0.25) is 5.02 Å². The number of benzene rings is 2. The molecule has 26 heavy (non-hydrogen) atoms. The van der Waals surface area contributed by atoms with Crippen molar-refractivity contribution < 1.29 is 4.74 Å². The van der Waals surface area contributed by atoms with Crippen molar-refractivity contribution >= 4 is 34.3 Å². The number of aromatic nitrogens is 2. The van der Waals surface area contributed by atoms with Gasteiger partial charge < -0.3 is 4.74 Å². The third kappa shape index (κ3) is 3.80. The van der Waals surface area contributed by atoms with Crippen LogP contribution in [0.25, 0.3) is 10.9 Å². The molecule has 1 saturated heterocycles. The molecule has 0 amide bonds. The largest absolute Gasteiger partial charge is 0.376 e. The lowest BCUT2D eigenvalue weighted by molar-refractivity contribution is 0.0937. The number of hydrogen-bond donors (Lipinski definition) is 0. The smallest absolute Gasteiger partial charge is 0.262 e. The zero-order valence-corrected chi connectivity index (χ0v) is 15.8. The Balaban J connectivity index is 1.68. The third-order valence-electron chi connectivity index (χ3n) is 4.52. The van der Waals surface area contributed by atoms with Crippen LogP contribution >= 0.6 is 23.4 Å². The molecule has 3 aromatic rings. The molecule has 0 aliphatic carbocycles. The van der Waals surface area contributed by atoms with Gasteiger partial charge in [-0.3, -0.25) is 9.36 Å². The highest BCUT2D eigenvalue weighted by molar-refractivity contribution is 7.98. The molecule has 4 rings (SSSR count). The van der Waals surface area contributed by atoms with E-state index in [0.717, 1.165) is 46.5 Å². The number of fused-ring (bicyclic) bond motifs is 1. The highest BCUT2D eigenvalue weighted by Crippen LogP contribution is 2.24. The molecule has 1 aliphatic heterocycles. The summed E-state index contributed by atoms with van der Waals surface area (Å²) in [6.07, 6.45) is 2.12. The lowest BCUT2D eigenvalue weighted by Gasteiger charge is -2.16. The Kier molecular flexibility index (Phi) is 5.29. The molecular weight excluding hydrogens is 368 g/mol. The lowest BCUT2D eigenvalue weighted by atomic mass is 10.2. The molecule has 0 bridgehead atoms. The van der Waals surface area contributed by atoms with Crippen LogP contribution in [0.5, 0.6) is 0 Å². The van der Waals surface area contributed by atoms with E-state index in [2.05, 4.69) is 0 Å². The first-order chi connectivity index (χ1) is 12.7. The van der Waals surface area contributed by atoms with Crippen molar-refractivity contribution in [1.29, 1.82) is 0 Å². The van der Waals surface area contributed by atoms with E-state index < -0.39 is 0 Å². The molecule has 6 heteroatoms. The SMILES string of the molecule is O=c1c2ccccc2nc(SCc2ccc(Cl)cc2)n1C[C@H]1CCCO1. The highest BCUT2D eigenvalue weighted by Gasteiger charge is 2.20. The fourth-order valence-electron chi connectivity index (χ4n) is 3.14. The normalized spacial score (nSPS) is 17.0. The lowest BCUT2D eigenvalue weighted by Crippen LogP contribution is -2.28. The summed E-state index contributed by atoms with van der Waals surface area (Å²) in [7, 11) is 0. The second kappa shape index (κ2) is 7.82. The van der Waals surface area contributed by atoms with Crippen LogP contribution in [-0.4, -0.2) is 22.3 Å². The van der Waals surface area contributed by atoms with Crippen LogP contribution in [0.4, 0.5) is 0 Å². The average Bonchev–Trinajstić information content (AvgIpc) is 3.17. The number of halogens is 1. The molecule has 0 saturated carbocycles. The summed E-state index contributed by atoms with van der Waals surface area (Å²) in [5.41, 5.74) is 1.88.